The first-order chi connectivity index (χ1) is 8.59. The lowest BCUT2D eigenvalue weighted by atomic mass is 9.97. The van der Waals surface area contributed by atoms with Gasteiger partial charge < -0.3 is 11.1 Å². The molecule has 2 aliphatic heterocycles. The van der Waals surface area contributed by atoms with Crippen molar-refractivity contribution in [1.29, 1.82) is 0 Å². The average molecular weight is 291 g/mol. The molecule has 3 N–H and O–H groups in total. The highest BCUT2D eigenvalue weighted by Gasteiger charge is 2.30. The maximum Gasteiger partial charge on any atom is 0.324 e. The molecular weight excluding hydrogens is 268 g/mol. The van der Waals surface area contributed by atoms with Crippen LogP contribution in [0.3, 0.4) is 0 Å². The Balaban J connectivity index is 0.00000180. The Kier molecular flexibility index (Phi) is 6.03. The van der Waals surface area contributed by atoms with Crippen LogP contribution in [-0.2, 0) is 4.79 Å². The molecule has 2 atom stereocenters. The molecule has 19 heavy (non-hydrogen) atoms. The van der Waals surface area contributed by atoms with Gasteiger partial charge in [0.25, 0.3) is 0 Å². The molecule has 2 fully saturated rings. The van der Waals surface area contributed by atoms with Crippen molar-refractivity contribution in [1.82, 2.24) is 15.1 Å². The Morgan fingerprint density at radius 1 is 1.37 bits per heavy atom. The highest BCUT2D eigenvalue weighted by Crippen LogP contribution is 2.18. The van der Waals surface area contributed by atoms with Crippen molar-refractivity contribution in [3.63, 3.8) is 0 Å². The number of likely N-dealkylation sites (tertiary alicyclic amines) is 1. The van der Waals surface area contributed by atoms with E-state index in [2.05, 4.69) is 10.2 Å². The minimum absolute atomic E-state index is 0. The van der Waals surface area contributed by atoms with E-state index in [1.807, 2.05) is 6.92 Å². The summed E-state index contributed by atoms with van der Waals surface area (Å²) >= 11 is 0. The summed E-state index contributed by atoms with van der Waals surface area (Å²) in [4.78, 5) is 26.5. The van der Waals surface area contributed by atoms with Gasteiger partial charge in [-0.05, 0) is 26.3 Å². The molecule has 0 aliphatic carbocycles. The normalized spacial score (nSPS) is 26.0. The Morgan fingerprint density at radius 2 is 2.11 bits per heavy atom. The summed E-state index contributed by atoms with van der Waals surface area (Å²) in [5, 5.41) is 2.54. The monoisotopic (exact) mass is 290 g/mol. The molecule has 110 valence electrons. The van der Waals surface area contributed by atoms with Gasteiger partial charge in [0.1, 0.15) is 0 Å². The van der Waals surface area contributed by atoms with Gasteiger partial charge in [0, 0.05) is 25.2 Å². The Bertz CT molecular complexity index is 322. The second-order valence-electron chi connectivity index (χ2n) is 5.16. The number of nitrogens with one attached hydrogen (secondary N) is 1. The van der Waals surface area contributed by atoms with Gasteiger partial charge >= 0.3 is 6.03 Å². The number of urea groups is 1. The van der Waals surface area contributed by atoms with Gasteiger partial charge in [-0.15, -0.1) is 12.4 Å². The van der Waals surface area contributed by atoms with E-state index < -0.39 is 0 Å². The highest BCUT2D eigenvalue weighted by molar-refractivity contribution is 6.01. The van der Waals surface area contributed by atoms with Crippen molar-refractivity contribution in [2.45, 2.75) is 38.3 Å². The van der Waals surface area contributed by atoms with Gasteiger partial charge in [-0.2, -0.15) is 0 Å². The van der Waals surface area contributed by atoms with E-state index >= 15 is 0 Å². The van der Waals surface area contributed by atoms with Crippen molar-refractivity contribution < 1.29 is 9.59 Å². The summed E-state index contributed by atoms with van der Waals surface area (Å²) in [6, 6.07) is 0.238. The van der Waals surface area contributed by atoms with Crippen LogP contribution in [0, 0.1) is 0 Å². The molecule has 0 bridgehead atoms. The average Bonchev–Trinajstić information content (AvgIpc) is 2.67. The number of piperidine rings is 1. The number of nitrogens with two attached hydrogens (primary N) is 1. The fourth-order valence-electron chi connectivity index (χ4n) is 2.80. The van der Waals surface area contributed by atoms with E-state index in [4.69, 9.17) is 5.73 Å². The standard InChI is InChI=1S/C12H22N4O2.ClH/c1-9(13)10-4-2-3-5-15(10)6-7-16-11(17)8-14-12(16)18;/h9-10H,2-8,13H2,1H3,(H,14,18);1H. The fourth-order valence-corrected chi connectivity index (χ4v) is 2.80. The summed E-state index contributed by atoms with van der Waals surface area (Å²) in [7, 11) is 0. The van der Waals surface area contributed by atoms with Gasteiger partial charge in [0.05, 0.1) is 6.54 Å². The van der Waals surface area contributed by atoms with Crippen LogP contribution in [0.25, 0.3) is 0 Å². The Hall–Kier alpha value is -0.850. The highest BCUT2D eigenvalue weighted by atomic mass is 35.5. The Morgan fingerprint density at radius 3 is 2.68 bits per heavy atom. The number of carbonyl (C=O) groups is 2. The van der Waals surface area contributed by atoms with Crippen LogP contribution in [0.4, 0.5) is 4.79 Å². The largest absolute Gasteiger partial charge is 0.329 e. The predicted octanol–water partition coefficient (Wildman–Crippen LogP) is 0.162. The van der Waals surface area contributed by atoms with Crippen LogP contribution in [0.2, 0.25) is 0 Å². The number of hydrogen-bond acceptors (Lipinski definition) is 4. The predicted molar refractivity (Wildman–Crippen MR) is 75.2 cm³/mol. The number of hydrogen-bond donors (Lipinski definition) is 2. The van der Waals surface area contributed by atoms with E-state index in [9.17, 15) is 9.59 Å². The zero-order chi connectivity index (χ0) is 13.1. The second-order valence-corrected chi connectivity index (χ2v) is 5.16. The molecule has 0 aromatic carbocycles. The first-order valence-electron chi connectivity index (χ1n) is 6.67. The SMILES string of the molecule is CC(N)C1CCCCN1CCN1C(=O)CNC1=O.Cl. The van der Waals surface area contributed by atoms with E-state index in [1.165, 1.54) is 17.7 Å². The molecule has 0 saturated carbocycles. The minimum atomic E-state index is -0.269. The molecule has 7 heteroatoms. The van der Waals surface area contributed by atoms with E-state index in [0.29, 0.717) is 12.6 Å². The molecule has 2 saturated heterocycles. The third-order valence-electron chi connectivity index (χ3n) is 3.82. The van der Waals surface area contributed by atoms with Crippen LogP contribution >= 0.6 is 12.4 Å². The number of halogens is 1. The molecular formula is C12H23ClN4O2. The molecule has 0 radical (unpaired) electrons. The number of nitrogens with zero attached hydrogens (tertiary/aromatic N) is 2. The molecule has 3 amide bonds. The van der Waals surface area contributed by atoms with Crippen molar-refractivity contribution in [3.8, 4) is 0 Å². The van der Waals surface area contributed by atoms with Gasteiger partial charge in [0.15, 0.2) is 0 Å². The summed E-state index contributed by atoms with van der Waals surface area (Å²) in [6.07, 6.45) is 3.49. The lowest BCUT2D eigenvalue weighted by Crippen LogP contribution is -2.51. The fraction of sp³-hybridized carbons (Fsp3) is 0.833. The van der Waals surface area contributed by atoms with Gasteiger partial charge in [0.2, 0.25) is 5.91 Å². The molecule has 0 spiro atoms. The first-order valence-corrected chi connectivity index (χ1v) is 6.67. The number of carbonyl (C=O) groups excluding carboxylic acids is 2. The summed E-state index contributed by atoms with van der Waals surface area (Å²) in [5.41, 5.74) is 5.99. The smallest absolute Gasteiger partial charge is 0.324 e. The lowest BCUT2D eigenvalue weighted by Gasteiger charge is -2.38. The molecule has 2 unspecified atom stereocenters. The summed E-state index contributed by atoms with van der Waals surface area (Å²) in [5.74, 6) is -0.130. The van der Waals surface area contributed by atoms with Crippen LogP contribution < -0.4 is 11.1 Å². The molecule has 0 aromatic rings. The van der Waals surface area contributed by atoms with Crippen molar-refractivity contribution >= 4 is 24.3 Å². The summed E-state index contributed by atoms with van der Waals surface area (Å²) in [6.45, 7) is 4.36. The molecule has 6 nitrogen and oxygen atoms in total. The van der Waals surface area contributed by atoms with Gasteiger partial charge in [-0.3, -0.25) is 14.6 Å². The van der Waals surface area contributed by atoms with E-state index in [1.54, 1.807) is 0 Å². The number of rotatable bonds is 4. The first kappa shape index (κ1) is 16.2. The van der Waals surface area contributed by atoms with Crippen LogP contribution in [0.1, 0.15) is 26.2 Å². The third kappa shape index (κ3) is 3.81. The zero-order valence-electron chi connectivity index (χ0n) is 11.3. The molecule has 2 rings (SSSR count). The van der Waals surface area contributed by atoms with Crippen molar-refractivity contribution in [3.05, 3.63) is 0 Å². The van der Waals surface area contributed by atoms with Crippen molar-refractivity contribution in [2.24, 2.45) is 5.73 Å². The third-order valence-corrected chi connectivity index (χ3v) is 3.82. The van der Waals surface area contributed by atoms with Crippen molar-refractivity contribution in [2.75, 3.05) is 26.2 Å². The van der Waals surface area contributed by atoms with Crippen LogP contribution in [0.15, 0.2) is 0 Å². The van der Waals surface area contributed by atoms with Gasteiger partial charge in [-0.1, -0.05) is 6.42 Å². The quantitative estimate of drug-likeness (QED) is 0.723. The topological polar surface area (TPSA) is 78.7 Å². The van der Waals surface area contributed by atoms with Crippen LogP contribution in [0.5, 0.6) is 0 Å². The number of amides is 3. The lowest BCUT2D eigenvalue weighted by molar-refractivity contribution is -0.125. The molecule has 0 aromatic heterocycles. The van der Waals surface area contributed by atoms with Gasteiger partial charge in [-0.25, -0.2) is 4.79 Å². The second kappa shape index (κ2) is 7.07. The molecule has 2 heterocycles. The maximum absolute atomic E-state index is 11.5. The van der Waals surface area contributed by atoms with E-state index in [0.717, 1.165) is 19.5 Å². The Labute approximate surface area is 120 Å². The minimum Gasteiger partial charge on any atom is -0.329 e. The molecule has 2 aliphatic rings. The summed E-state index contributed by atoms with van der Waals surface area (Å²) < 4.78 is 0. The zero-order valence-corrected chi connectivity index (χ0v) is 12.1. The van der Waals surface area contributed by atoms with Crippen LogP contribution in [-0.4, -0.2) is 60.0 Å². The number of imide groups is 1. The maximum atomic E-state index is 11.5. The van der Waals surface area contributed by atoms with E-state index in [-0.39, 0.29) is 36.9 Å².